The Labute approximate surface area is 149 Å². The zero-order chi connectivity index (χ0) is 18.1. The molecule has 5 heteroatoms. The van der Waals surface area contributed by atoms with Gasteiger partial charge < -0.3 is 15.5 Å². The van der Waals surface area contributed by atoms with Crippen molar-refractivity contribution in [3.63, 3.8) is 0 Å². The Bertz CT molecular complexity index is 684. The molecule has 0 aliphatic rings. The molecule has 2 amide bonds. The Morgan fingerprint density at radius 3 is 2.32 bits per heavy atom. The zero-order valence-electron chi connectivity index (χ0n) is 14.8. The Morgan fingerprint density at radius 1 is 1.00 bits per heavy atom. The molecule has 0 radical (unpaired) electrons. The fourth-order valence-electron chi connectivity index (χ4n) is 2.31. The van der Waals surface area contributed by atoms with Crippen LogP contribution in [0.5, 0.6) is 0 Å². The molecule has 0 unspecified atom stereocenters. The first-order chi connectivity index (χ1) is 12.1. The van der Waals surface area contributed by atoms with Crippen molar-refractivity contribution in [3.8, 4) is 0 Å². The minimum atomic E-state index is -0.0695. The standard InChI is InChI=1S/C20H25N3O2/c1-3-4-14-21-20(25)16-10-12-17(13-11-16)22-15-19(24)23(2)18-8-6-5-7-9-18/h5-13,22H,3-4,14-15H2,1-2H3,(H,21,25). The van der Waals surface area contributed by atoms with Crippen molar-refractivity contribution in [2.45, 2.75) is 19.8 Å². The van der Waals surface area contributed by atoms with Gasteiger partial charge in [0, 0.05) is 30.5 Å². The lowest BCUT2D eigenvalue weighted by atomic mass is 10.2. The number of anilines is 2. The minimum Gasteiger partial charge on any atom is -0.376 e. The molecular formula is C20H25N3O2. The van der Waals surface area contributed by atoms with E-state index < -0.39 is 0 Å². The molecule has 2 aromatic carbocycles. The van der Waals surface area contributed by atoms with Crippen LogP contribution in [0.15, 0.2) is 54.6 Å². The highest BCUT2D eigenvalue weighted by atomic mass is 16.2. The first-order valence-electron chi connectivity index (χ1n) is 8.55. The lowest BCUT2D eigenvalue weighted by Gasteiger charge is -2.18. The van der Waals surface area contributed by atoms with E-state index in [9.17, 15) is 9.59 Å². The molecule has 2 rings (SSSR count). The molecule has 0 saturated heterocycles. The van der Waals surface area contributed by atoms with E-state index in [0.717, 1.165) is 24.2 Å². The first kappa shape index (κ1) is 18.5. The van der Waals surface area contributed by atoms with Crippen molar-refractivity contribution in [1.29, 1.82) is 0 Å². The molecule has 5 nitrogen and oxygen atoms in total. The maximum absolute atomic E-state index is 12.2. The Balaban J connectivity index is 1.85. The van der Waals surface area contributed by atoms with Gasteiger partial charge in [-0.15, -0.1) is 0 Å². The number of carbonyl (C=O) groups is 2. The topological polar surface area (TPSA) is 61.4 Å². The van der Waals surface area contributed by atoms with E-state index in [1.807, 2.05) is 42.5 Å². The highest BCUT2D eigenvalue weighted by Gasteiger charge is 2.10. The molecule has 0 aliphatic carbocycles. The smallest absolute Gasteiger partial charge is 0.251 e. The quantitative estimate of drug-likeness (QED) is 0.726. The summed E-state index contributed by atoms with van der Waals surface area (Å²) in [6.45, 7) is 2.96. The monoisotopic (exact) mass is 339 g/mol. The average molecular weight is 339 g/mol. The third kappa shape index (κ3) is 5.64. The molecule has 25 heavy (non-hydrogen) atoms. The Morgan fingerprint density at radius 2 is 1.68 bits per heavy atom. The molecule has 0 heterocycles. The molecule has 0 saturated carbocycles. The van der Waals surface area contributed by atoms with Gasteiger partial charge in [0.2, 0.25) is 5.91 Å². The summed E-state index contributed by atoms with van der Waals surface area (Å²) < 4.78 is 0. The second-order valence-electron chi connectivity index (χ2n) is 5.83. The number of amides is 2. The van der Waals surface area contributed by atoms with Gasteiger partial charge in [-0.25, -0.2) is 0 Å². The maximum Gasteiger partial charge on any atom is 0.251 e. The van der Waals surface area contributed by atoms with Crippen molar-refractivity contribution in [1.82, 2.24) is 5.32 Å². The van der Waals surface area contributed by atoms with Gasteiger partial charge in [0.05, 0.1) is 6.54 Å². The summed E-state index contributed by atoms with van der Waals surface area (Å²) in [5.74, 6) is -0.104. The summed E-state index contributed by atoms with van der Waals surface area (Å²) in [6, 6.07) is 16.6. The van der Waals surface area contributed by atoms with Gasteiger partial charge in [0.25, 0.3) is 5.91 Å². The van der Waals surface area contributed by atoms with Crippen LogP contribution in [-0.2, 0) is 4.79 Å². The van der Waals surface area contributed by atoms with Gasteiger partial charge in [0.1, 0.15) is 0 Å². The molecule has 132 valence electrons. The summed E-state index contributed by atoms with van der Waals surface area (Å²) in [4.78, 5) is 25.8. The van der Waals surface area contributed by atoms with E-state index in [4.69, 9.17) is 0 Å². The number of benzene rings is 2. The van der Waals surface area contributed by atoms with Crippen LogP contribution >= 0.6 is 0 Å². The molecule has 2 aromatic rings. The minimum absolute atomic E-state index is 0.0346. The van der Waals surface area contributed by atoms with Crippen molar-refractivity contribution in [2.24, 2.45) is 0 Å². The highest BCUT2D eigenvalue weighted by molar-refractivity contribution is 5.96. The van der Waals surface area contributed by atoms with Crippen molar-refractivity contribution < 1.29 is 9.59 Å². The normalized spacial score (nSPS) is 10.2. The molecule has 0 atom stereocenters. The van der Waals surface area contributed by atoms with Crippen molar-refractivity contribution in [2.75, 3.05) is 30.4 Å². The number of nitrogens with one attached hydrogen (secondary N) is 2. The predicted octanol–water partition coefficient (Wildman–Crippen LogP) is 3.29. The lowest BCUT2D eigenvalue weighted by Crippen LogP contribution is -2.32. The van der Waals surface area contributed by atoms with E-state index in [-0.39, 0.29) is 18.4 Å². The molecule has 0 aromatic heterocycles. The number of hydrogen-bond donors (Lipinski definition) is 2. The molecule has 0 fully saturated rings. The van der Waals surface area contributed by atoms with Gasteiger partial charge in [0.15, 0.2) is 0 Å². The summed E-state index contributed by atoms with van der Waals surface area (Å²) >= 11 is 0. The molecule has 0 bridgehead atoms. The van der Waals surface area contributed by atoms with E-state index in [2.05, 4.69) is 17.6 Å². The van der Waals surface area contributed by atoms with Crippen LogP contribution in [0.2, 0.25) is 0 Å². The van der Waals surface area contributed by atoms with Gasteiger partial charge in [-0.1, -0.05) is 31.5 Å². The maximum atomic E-state index is 12.2. The predicted molar refractivity (Wildman–Crippen MR) is 102 cm³/mol. The van der Waals surface area contributed by atoms with Gasteiger partial charge in [-0.3, -0.25) is 9.59 Å². The Hall–Kier alpha value is -2.82. The third-order valence-corrected chi connectivity index (χ3v) is 3.92. The second kappa shape index (κ2) is 9.47. The zero-order valence-corrected chi connectivity index (χ0v) is 14.8. The van der Waals surface area contributed by atoms with Crippen molar-refractivity contribution >= 4 is 23.2 Å². The highest BCUT2D eigenvalue weighted by Crippen LogP contribution is 2.12. The van der Waals surface area contributed by atoms with Crippen LogP contribution in [-0.4, -0.2) is 32.0 Å². The van der Waals surface area contributed by atoms with Gasteiger partial charge in [-0.05, 0) is 42.8 Å². The van der Waals surface area contributed by atoms with Crippen LogP contribution < -0.4 is 15.5 Å². The molecule has 0 spiro atoms. The van der Waals surface area contributed by atoms with E-state index >= 15 is 0 Å². The number of likely N-dealkylation sites (N-methyl/N-ethyl adjacent to an activating group) is 1. The molecule has 2 N–H and O–H groups in total. The first-order valence-corrected chi connectivity index (χ1v) is 8.55. The van der Waals surface area contributed by atoms with Crippen LogP contribution in [0.25, 0.3) is 0 Å². The number of carbonyl (C=O) groups excluding carboxylic acids is 2. The van der Waals surface area contributed by atoms with Gasteiger partial charge in [-0.2, -0.15) is 0 Å². The van der Waals surface area contributed by atoms with Crippen molar-refractivity contribution in [3.05, 3.63) is 60.2 Å². The van der Waals surface area contributed by atoms with Crippen LogP contribution in [0.3, 0.4) is 0 Å². The summed E-state index contributed by atoms with van der Waals surface area (Å²) in [5.41, 5.74) is 2.28. The SMILES string of the molecule is CCCCNC(=O)c1ccc(NCC(=O)N(C)c2ccccc2)cc1. The summed E-state index contributed by atoms with van der Waals surface area (Å²) in [6.07, 6.45) is 2.02. The Kier molecular flexibility index (Phi) is 7.01. The van der Waals surface area contributed by atoms with Crippen LogP contribution in [0, 0.1) is 0 Å². The summed E-state index contributed by atoms with van der Waals surface area (Å²) in [5, 5.41) is 5.97. The molecule has 0 aliphatic heterocycles. The van der Waals surface area contributed by atoms with Gasteiger partial charge >= 0.3 is 0 Å². The number of para-hydroxylation sites is 1. The van der Waals surface area contributed by atoms with E-state index in [1.165, 1.54) is 0 Å². The number of rotatable bonds is 8. The fraction of sp³-hybridized carbons (Fsp3) is 0.300. The van der Waals surface area contributed by atoms with Crippen LogP contribution in [0.1, 0.15) is 30.1 Å². The number of hydrogen-bond acceptors (Lipinski definition) is 3. The van der Waals surface area contributed by atoms with E-state index in [0.29, 0.717) is 12.1 Å². The largest absolute Gasteiger partial charge is 0.376 e. The number of unbranched alkanes of at least 4 members (excludes halogenated alkanes) is 1. The second-order valence-corrected chi connectivity index (χ2v) is 5.83. The van der Waals surface area contributed by atoms with E-state index in [1.54, 1.807) is 24.1 Å². The fourth-order valence-corrected chi connectivity index (χ4v) is 2.31. The number of nitrogens with zero attached hydrogens (tertiary/aromatic N) is 1. The third-order valence-electron chi connectivity index (χ3n) is 3.92. The lowest BCUT2D eigenvalue weighted by molar-refractivity contribution is -0.116. The van der Waals surface area contributed by atoms with Crippen LogP contribution in [0.4, 0.5) is 11.4 Å². The average Bonchev–Trinajstić information content (AvgIpc) is 2.66. The molecular weight excluding hydrogens is 314 g/mol. The summed E-state index contributed by atoms with van der Waals surface area (Å²) in [7, 11) is 1.75.